The molecule has 1 aromatic rings. The molecule has 1 N–H and O–H groups in total. The minimum atomic E-state index is -0.188. The van der Waals surface area contributed by atoms with Gasteiger partial charge in [0.05, 0.1) is 18.9 Å². The highest BCUT2D eigenvalue weighted by Gasteiger charge is 2.07. The molecule has 0 aliphatic carbocycles. The van der Waals surface area contributed by atoms with E-state index in [1.165, 1.54) is 6.08 Å². The van der Waals surface area contributed by atoms with Gasteiger partial charge in [0.25, 0.3) is 0 Å². The van der Waals surface area contributed by atoms with Crippen molar-refractivity contribution in [1.82, 2.24) is 0 Å². The number of allylic oxidation sites excluding steroid dienone is 1. The van der Waals surface area contributed by atoms with E-state index < -0.39 is 0 Å². The van der Waals surface area contributed by atoms with Gasteiger partial charge in [-0.3, -0.25) is 4.79 Å². The minimum Gasteiger partial charge on any atom is -0.494 e. The van der Waals surface area contributed by atoms with Crippen LogP contribution in [0, 0.1) is 0 Å². The van der Waals surface area contributed by atoms with Crippen LogP contribution in [0.3, 0.4) is 0 Å². The van der Waals surface area contributed by atoms with Gasteiger partial charge in [0.2, 0.25) is 5.91 Å². The molecule has 0 spiro atoms. The third-order valence-corrected chi connectivity index (χ3v) is 2.14. The van der Waals surface area contributed by atoms with Crippen molar-refractivity contribution in [2.75, 3.05) is 18.5 Å². The molecule has 0 heterocycles. The normalized spacial score (nSPS) is 10.4. The van der Waals surface area contributed by atoms with E-state index in [9.17, 15) is 4.79 Å². The van der Waals surface area contributed by atoms with Crippen LogP contribution in [0.15, 0.2) is 30.4 Å². The van der Waals surface area contributed by atoms with Crippen LogP contribution in [-0.2, 0) is 4.79 Å². The Morgan fingerprint density at radius 1 is 1.28 bits per heavy atom. The highest BCUT2D eigenvalue weighted by atomic mass is 16.5. The van der Waals surface area contributed by atoms with Gasteiger partial charge >= 0.3 is 0 Å². The van der Waals surface area contributed by atoms with Crippen LogP contribution in [0.4, 0.5) is 5.69 Å². The number of hydrogen-bond acceptors (Lipinski definition) is 3. The molecule has 0 saturated carbocycles. The Morgan fingerprint density at radius 3 is 2.61 bits per heavy atom. The average Bonchev–Trinajstić information content (AvgIpc) is 2.33. The van der Waals surface area contributed by atoms with Gasteiger partial charge in [-0.1, -0.05) is 6.08 Å². The second-order valence-electron chi connectivity index (χ2n) is 3.51. The van der Waals surface area contributed by atoms with Gasteiger partial charge in [-0.15, -0.1) is 0 Å². The van der Waals surface area contributed by atoms with E-state index in [2.05, 4.69) is 5.32 Å². The quantitative estimate of drug-likeness (QED) is 0.788. The fourth-order valence-electron chi connectivity index (χ4n) is 1.47. The first-order chi connectivity index (χ1) is 8.71. The van der Waals surface area contributed by atoms with Crippen molar-refractivity contribution in [2.45, 2.75) is 20.8 Å². The number of carbonyl (C=O) groups excluding carboxylic acids is 1. The Morgan fingerprint density at radius 2 is 2.00 bits per heavy atom. The van der Waals surface area contributed by atoms with Crippen molar-refractivity contribution in [2.24, 2.45) is 0 Å². The zero-order chi connectivity index (χ0) is 13.4. The van der Waals surface area contributed by atoms with E-state index in [1.807, 2.05) is 19.9 Å². The highest BCUT2D eigenvalue weighted by Crippen LogP contribution is 2.29. The largest absolute Gasteiger partial charge is 0.494 e. The monoisotopic (exact) mass is 249 g/mol. The molecular weight excluding hydrogens is 230 g/mol. The molecule has 0 bridgehead atoms. The molecule has 0 atom stereocenters. The lowest BCUT2D eigenvalue weighted by molar-refractivity contribution is -0.111. The molecule has 0 aliphatic rings. The number of benzene rings is 1. The van der Waals surface area contributed by atoms with Crippen LogP contribution >= 0.6 is 0 Å². The van der Waals surface area contributed by atoms with Crippen LogP contribution in [0.25, 0.3) is 0 Å². The Kier molecular flexibility index (Phi) is 5.77. The Hall–Kier alpha value is -1.97. The minimum absolute atomic E-state index is 0.188. The molecule has 1 rings (SSSR count). The average molecular weight is 249 g/mol. The van der Waals surface area contributed by atoms with Gasteiger partial charge in [-0.2, -0.15) is 0 Å². The molecule has 18 heavy (non-hydrogen) atoms. The smallest absolute Gasteiger partial charge is 0.248 e. The summed E-state index contributed by atoms with van der Waals surface area (Å²) in [5, 5.41) is 2.76. The number of carbonyl (C=O) groups is 1. The summed E-state index contributed by atoms with van der Waals surface area (Å²) < 4.78 is 10.9. The summed E-state index contributed by atoms with van der Waals surface area (Å²) in [5.41, 5.74) is 0.617. The second kappa shape index (κ2) is 7.37. The first kappa shape index (κ1) is 14.1. The Balaban J connectivity index is 2.94. The van der Waals surface area contributed by atoms with Crippen molar-refractivity contribution >= 4 is 11.6 Å². The lowest BCUT2D eigenvalue weighted by Crippen LogP contribution is -2.09. The number of rotatable bonds is 6. The third-order valence-electron chi connectivity index (χ3n) is 2.14. The summed E-state index contributed by atoms with van der Waals surface area (Å²) in [6.07, 6.45) is 3.14. The van der Waals surface area contributed by atoms with Crippen LogP contribution in [0.2, 0.25) is 0 Å². The topological polar surface area (TPSA) is 47.6 Å². The summed E-state index contributed by atoms with van der Waals surface area (Å²) in [5.74, 6) is 1.16. The summed E-state index contributed by atoms with van der Waals surface area (Å²) in [6, 6.07) is 5.37. The summed E-state index contributed by atoms with van der Waals surface area (Å²) in [7, 11) is 0. The second-order valence-corrected chi connectivity index (χ2v) is 3.51. The van der Waals surface area contributed by atoms with Crippen LogP contribution in [-0.4, -0.2) is 19.1 Å². The molecule has 1 amide bonds. The lowest BCUT2D eigenvalue weighted by atomic mass is 10.2. The first-order valence-electron chi connectivity index (χ1n) is 6.04. The molecular formula is C14H19NO3. The SMILES string of the molecule is C/C=C/C(=O)Nc1cc(OCC)ccc1OCC. The molecule has 0 aliphatic heterocycles. The van der Waals surface area contributed by atoms with Crippen LogP contribution in [0.5, 0.6) is 11.5 Å². The summed E-state index contributed by atoms with van der Waals surface area (Å²) in [4.78, 5) is 11.5. The fraction of sp³-hybridized carbons (Fsp3) is 0.357. The van der Waals surface area contributed by atoms with E-state index in [0.717, 1.165) is 0 Å². The first-order valence-corrected chi connectivity index (χ1v) is 6.04. The number of amides is 1. The molecule has 4 heteroatoms. The van der Waals surface area contributed by atoms with Gasteiger partial charge in [-0.25, -0.2) is 0 Å². The standard InChI is InChI=1S/C14H19NO3/c1-4-7-14(16)15-12-10-11(17-5-2)8-9-13(12)18-6-3/h4,7-10H,5-6H2,1-3H3,(H,15,16)/b7-4+. The predicted octanol–water partition coefficient (Wildman–Crippen LogP) is 3.00. The highest BCUT2D eigenvalue weighted by molar-refractivity contribution is 6.00. The van der Waals surface area contributed by atoms with Crippen LogP contribution in [0.1, 0.15) is 20.8 Å². The molecule has 4 nitrogen and oxygen atoms in total. The molecule has 0 unspecified atom stereocenters. The molecule has 0 aromatic heterocycles. The van der Waals surface area contributed by atoms with E-state index in [-0.39, 0.29) is 5.91 Å². The predicted molar refractivity (Wildman–Crippen MR) is 72.2 cm³/mol. The van der Waals surface area contributed by atoms with Crippen molar-refractivity contribution in [3.63, 3.8) is 0 Å². The maximum Gasteiger partial charge on any atom is 0.248 e. The summed E-state index contributed by atoms with van der Waals surface area (Å²) >= 11 is 0. The van der Waals surface area contributed by atoms with E-state index in [4.69, 9.17) is 9.47 Å². The van der Waals surface area contributed by atoms with E-state index in [0.29, 0.717) is 30.4 Å². The maximum absolute atomic E-state index is 11.5. The zero-order valence-electron chi connectivity index (χ0n) is 11.0. The van der Waals surface area contributed by atoms with Crippen molar-refractivity contribution < 1.29 is 14.3 Å². The molecule has 0 fully saturated rings. The maximum atomic E-state index is 11.5. The van der Waals surface area contributed by atoms with Gasteiger partial charge in [-0.05, 0) is 39.0 Å². The fourth-order valence-corrected chi connectivity index (χ4v) is 1.47. The third kappa shape index (κ3) is 4.13. The molecule has 0 saturated heterocycles. The zero-order valence-corrected chi connectivity index (χ0v) is 11.0. The summed E-state index contributed by atoms with van der Waals surface area (Å²) in [6.45, 7) is 6.72. The number of hydrogen-bond donors (Lipinski definition) is 1. The number of nitrogens with one attached hydrogen (secondary N) is 1. The number of ether oxygens (including phenoxy) is 2. The number of anilines is 1. The molecule has 1 aromatic carbocycles. The van der Waals surface area contributed by atoms with Gasteiger partial charge in [0, 0.05) is 6.07 Å². The van der Waals surface area contributed by atoms with E-state index in [1.54, 1.807) is 25.1 Å². The van der Waals surface area contributed by atoms with Crippen molar-refractivity contribution in [3.05, 3.63) is 30.4 Å². The van der Waals surface area contributed by atoms with Gasteiger partial charge < -0.3 is 14.8 Å². The van der Waals surface area contributed by atoms with Crippen molar-refractivity contribution in [3.8, 4) is 11.5 Å². The molecule has 98 valence electrons. The Bertz CT molecular complexity index is 427. The van der Waals surface area contributed by atoms with Gasteiger partial charge in [0.15, 0.2) is 0 Å². The van der Waals surface area contributed by atoms with E-state index >= 15 is 0 Å². The Labute approximate surface area is 108 Å². The molecule has 0 radical (unpaired) electrons. The van der Waals surface area contributed by atoms with Gasteiger partial charge in [0.1, 0.15) is 11.5 Å². The van der Waals surface area contributed by atoms with Crippen LogP contribution < -0.4 is 14.8 Å². The lowest BCUT2D eigenvalue weighted by Gasteiger charge is -2.12. The van der Waals surface area contributed by atoms with Crippen molar-refractivity contribution in [1.29, 1.82) is 0 Å².